The Morgan fingerprint density at radius 1 is 1.11 bits per heavy atom. The van der Waals surface area contributed by atoms with Crippen molar-refractivity contribution in [2.75, 3.05) is 13.1 Å². The molecule has 0 aliphatic rings. The number of nitrogens with zero attached hydrogens (tertiary/aromatic N) is 3. The number of aromatic nitrogens is 2. The van der Waals surface area contributed by atoms with Crippen molar-refractivity contribution < 1.29 is 14.1 Å². The zero-order chi connectivity index (χ0) is 19.1. The smallest absolute Gasteiger partial charge is 0.253 e. The fraction of sp³-hybridized carbons (Fsp3) is 0.286. The summed E-state index contributed by atoms with van der Waals surface area (Å²) in [6, 6.07) is 17.3. The quantitative estimate of drug-likeness (QED) is 0.609. The van der Waals surface area contributed by atoms with Gasteiger partial charge in [-0.05, 0) is 43.2 Å². The molecule has 0 atom stereocenters. The van der Waals surface area contributed by atoms with Gasteiger partial charge in [-0.15, -0.1) is 0 Å². The number of aryl methyl sites for hydroxylation is 1. The molecule has 2 aromatic carbocycles. The monoisotopic (exact) mass is 365 g/mol. The topological polar surface area (TPSA) is 68.5 Å². The molecule has 0 unspecified atom stereocenters. The third-order valence-corrected chi connectivity index (χ3v) is 4.22. The van der Waals surface area contributed by atoms with E-state index >= 15 is 0 Å². The van der Waals surface area contributed by atoms with Crippen molar-refractivity contribution in [2.45, 2.75) is 26.9 Å². The molecule has 1 amide bonds. The van der Waals surface area contributed by atoms with E-state index in [-0.39, 0.29) is 12.5 Å². The predicted molar refractivity (Wildman–Crippen MR) is 102 cm³/mol. The molecule has 0 saturated carbocycles. The van der Waals surface area contributed by atoms with Crippen LogP contribution in [-0.4, -0.2) is 34.0 Å². The van der Waals surface area contributed by atoms with E-state index in [1.54, 1.807) is 31.2 Å². The van der Waals surface area contributed by atoms with Crippen LogP contribution < -0.4 is 4.74 Å². The standard InChI is InChI=1S/C21H23N3O3/c1-3-24(14-13-17-7-5-4-6-8-17)21(25)18-9-11-19(12-10-18)26-15-20-22-16(2)27-23-20/h4-12H,3,13-15H2,1-2H3. The van der Waals surface area contributed by atoms with Gasteiger partial charge in [0.15, 0.2) is 6.61 Å². The fourth-order valence-electron chi connectivity index (χ4n) is 2.74. The second-order valence-electron chi connectivity index (χ2n) is 6.16. The first-order valence-corrected chi connectivity index (χ1v) is 9.01. The van der Waals surface area contributed by atoms with Crippen LogP contribution in [-0.2, 0) is 13.0 Å². The van der Waals surface area contributed by atoms with Gasteiger partial charge in [-0.2, -0.15) is 4.98 Å². The summed E-state index contributed by atoms with van der Waals surface area (Å²) >= 11 is 0. The molecule has 0 radical (unpaired) electrons. The van der Waals surface area contributed by atoms with Gasteiger partial charge in [-0.3, -0.25) is 4.79 Å². The van der Waals surface area contributed by atoms with Crippen LogP contribution in [0.15, 0.2) is 59.1 Å². The number of benzene rings is 2. The first kappa shape index (κ1) is 18.6. The molecule has 0 saturated heterocycles. The van der Waals surface area contributed by atoms with Crippen LogP contribution in [0, 0.1) is 6.92 Å². The average molecular weight is 365 g/mol. The largest absolute Gasteiger partial charge is 0.485 e. The van der Waals surface area contributed by atoms with Crippen LogP contribution in [0.25, 0.3) is 0 Å². The maximum absolute atomic E-state index is 12.7. The van der Waals surface area contributed by atoms with E-state index in [0.717, 1.165) is 6.42 Å². The van der Waals surface area contributed by atoms with E-state index in [0.29, 0.717) is 36.1 Å². The van der Waals surface area contributed by atoms with E-state index in [1.807, 2.05) is 30.0 Å². The Hall–Kier alpha value is -3.15. The lowest BCUT2D eigenvalue weighted by Gasteiger charge is -2.21. The summed E-state index contributed by atoms with van der Waals surface area (Å²) in [5.74, 6) is 1.67. The number of carbonyl (C=O) groups is 1. The molecule has 0 bridgehead atoms. The third kappa shape index (κ3) is 5.17. The molecule has 0 aliphatic heterocycles. The summed E-state index contributed by atoms with van der Waals surface area (Å²) in [5, 5.41) is 3.78. The maximum atomic E-state index is 12.7. The van der Waals surface area contributed by atoms with Gasteiger partial charge in [0.05, 0.1) is 0 Å². The predicted octanol–water partition coefficient (Wildman–Crippen LogP) is 3.66. The molecule has 1 aromatic heterocycles. The zero-order valence-electron chi connectivity index (χ0n) is 15.6. The van der Waals surface area contributed by atoms with Gasteiger partial charge in [0, 0.05) is 25.6 Å². The van der Waals surface area contributed by atoms with Crippen molar-refractivity contribution >= 4 is 5.91 Å². The van der Waals surface area contributed by atoms with Gasteiger partial charge in [-0.25, -0.2) is 0 Å². The highest BCUT2D eigenvalue weighted by molar-refractivity contribution is 5.94. The average Bonchev–Trinajstić information content (AvgIpc) is 3.13. The molecular weight excluding hydrogens is 342 g/mol. The number of likely N-dealkylation sites (N-methyl/N-ethyl adjacent to an activating group) is 1. The van der Waals surface area contributed by atoms with Crippen LogP contribution in [0.3, 0.4) is 0 Å². The van der Waals surface area contributed by atoms with Crippen molar-refractivity contribution in [3.63, 3.8) is 0 Å². The van der Waals surface area contributed by atoms with Crippen molar-refractivity contribution in [2.24, 2.45) is 0 Å². The number of amides is 1. The van der Waals surface area contributed by atoms with Crippen LogP contribution in [0.2, 0.25) is 0 Å². The molecule has 6 heteroatoms. The second kappa shape index (κ2) is 8.98. The number of hydrogen-bond acceptors (Lipinski definition) is 5. The summed E-state index contributed by atoms with van der Waals surface area (Å²) in [7, 11) is 0. The van der Waals surface area contributed by atoms with Crippen molar-refractivity contribution in [3.8, 4) is 5.75 Å². The molecule has 0 spiro atoms. The molecular formula is C21H23N3O3. The molecule has 6 nitrogen and oxygen atoms in total. The van der Waals surface area contributed by atoms with Gasteiger partial charge in [0.2, 0.25) is 11.7 Å². The molecule has 3 aromatic rings. The van der Waals surface area contributed by atoms with Crippen molar-refractivity contribution in [3.05, 3.63) is 77.4 Å². The summed E-state index contributed by atoms with van der Waals surface area (Å²) < 4.78 is 10.5. The summed E-state index contributed by atoms with van der Waals surface area (Å²) in [6.45, 7) is 5.31. The lowest BCUT2D eigenvalue weighted by Crippen LogP contribution is -2.32. The van der Waals surface area contributed by atoms with E-state index in [9.17, 15) is 4.79 Å². The van der Waals surface area contributed by atoms with Gasteiger partial charge in [0.1, 0.15) is 5.75 Å². The fourth-order valence-corrected chi connectivity index (χ4v) is 2.74. The lowest BCUT2D eigenvalue weighted by molar-refractivity contribution is 0.0766. The number of rotatable bonds is 8. The maximum Gasteiger partial charge on any atom is 0.253 e. The summed E-state index contributed by atoms with van der Waals surface area (Å²) in [6.07, 6.45) is 0.839. The Balaban J connectivity index is 1.56. The van der Waals surface area contributed by atoms with Gasteiger partial charge >= 0.3 is 0 Å². The number of hydrogen-bond donors (Lipinski definition) is 0. The van der Waals surface area contributed by atoms with Crippen LogP contribution in [0.4, 0.5) is 0 Å². The minimum Gasteiger partial charge on any atom is -0.485 e. The Labute approximate surface area is 158 Å². The minimum atomic E-state index is 0.0220. The molecule has 0 aliphatic carbocycles. The van der Waals surface area contributed by atoms with E-state index < -0.39 is 0 Å². The first-order chi connectivity index (χ1) is 13.2. The highest BCUT2D eigenvalue weighted by Gasteiger charge is 2.14. The SMILES string of the molecule is CCN(CCc1ccccc1)C(=O)c1ccc(OCc2noc(C)n2)cc1. The molecule has 0 fully saturated rings. The van der Waals surface area contributed by atoms with Crippen LogP contribution in [0.5, 0.6) is 5.75 Å². The Morgan fingerprint density at radius 2 is 1.85 bits per heavy atom. The van der Waals surface area contributed by atoms with E-state index in [1.165, 1.54) is 5.56 Å². The highest BCUT2D eigenvalue weighted by Crippen LogP contribution is 2.15. The molecule has 27 heavy (non-hydrogen) atoms. The van der Waals surface area contributed by atoms with Crippen LogP contribution in [0.1, 0.15) is 34.6 Å². The van der Waals surface area contributed by atoms with Gasteiger partial charge in [0.25, 0.3) is 5.91 Å². The van der Waals surface area contributed by atoms with Crippen molar-refractivity contribution in [1.82, 2.24) is 15.0 Å². The Kier molecular flexibility index (Phi) is 6.20. The third-order valence-electron chi connectivity index (χ3n) is 4.22. The van der Waals surface area contributed by atoms with E-state index in [2.05, 4.69) is 22.3 Å². The zero-order valence-corrected chi connectivity index (χ0v) is 15.6. The Bertz CT molecular complexity index is 860. The van der Waals surface area contributed by atoms with Crippen molar-refractivity contribution in [1.29, 1.82) is 0 Å². The van der Waals surface area contributed by atoms with Crippen LogP contribution >= 0.6 is 0 Å². The lowest BCUT2D eigenvalue weighted by atomic mass is 10.1. The second-order valence-corrected chi connectivity index (χ2v) is 6.16. The summed E-state index contributed by atoms with van der Waals surface area (Å²) in [4.78, 5) is 18.7. The number of ether oxygens (including phenoxy) is 1. The van der Waals surface area contributed by atoms with Gasteiger partial charge < -0.3 is 14.2 Å². The molecule has 1 heterocycles. The van der Waals surface area contributed by atoms with Gasteiger partial charge in [-0.1, -0.05) is 35.5 Å². The number of carbonyl (C=O) groups excluding carboxylic acids is 1. The molecule has 140 valence electrons. The first-order valence-electron chi connectivity index (χ1n) is 9.01. The van der Waals surface area contributed by atoms with E-state index in [4.69, 9.17) is 9.26 Å². The Morgan fingerprint density at radius 3 is 2.48 bits per heavy atom. The minimum absolute atomic E-state index is 0.0220. The highest BCUT2D eigenvalue weighted by atomic mass is 16.5. The summed E-state index contributed by atoms with van der Waals surface area (Å²) in [5.41, 5.74) is 1.87. The normalized spacial score (nSPS) is 10.6. The molecule has 0 N–H and O–H groups in total. The molecule has 3 rings (SSSR count).